The molecule has 0 radical (unpaired) electrons. The van der Waals surface area contributed by atoms with Gasteiger partial charge in [-0.25, -0.2) is 0 Å². The normalized spacial score (nSPS) is 40.1. The van der Waals surface area contributed by atoms with Crippen LogP contribution in [0.5, 0.6) is 0 Å². The summed E-state index contributed by atoms with van der Waals surface area (Å²) in [6.07, 6.45) is 13.2. The molecule has 3 heteroatoms. The first-order valence-corrected chi connectivity index (χ1v) is 11.7. The Morgan fingerprint density at radius 2 is 1.93 bits per heavy atom. The Morgan fingerprint density at radius 1 is 1.17 bits per heavy atom. The van der Waals surface area contributed by atoms with E-state index in [0.29, 0.717) is 12.0 Å². The molecule has 0 unspecified atom stereocenters. The zero-order chi connectivity index (χ0) is 20.8. The molecule has 0 aromatic heterocycles. The van der Waals surface area contributed by atoms with Crippen LogP contribution in [-0.2, 0) is 14.3 Å². The molecule has 4 rings (SSSR count). The zero-order valence-corrected chi connectivity index (χ0v) is 19.0. The van der Waals surface area contributed by atoms with Crippen molar-refractivity contribution in [2.75, 3.05) is 13.2 Å². The van der Waals surface area contributed by atoms with E-state index in [1.165, 1.54) is 51.2 Å². The van der Waals surface area contributed by atoms with Gasteiger partial charge in [0, 0.05) is 13.3 Å². The molecule has 0 N–H and O–H groups in total. The molecule has 3 nitrogen and oxygen atoms in total. The summed E-state index contributed by atoms with van der Waals surface area (Å²) in [5, 5.41) is 0. The predicted molar refractivity (Wildman–Crippen MR) is 116 cm³/mol. The van der Waals surface area contributed by atoms with E-state index in [9.17, 15) is 4.79 Å². The van der Waals surface area contributed by atoms with E-state index >= 15 is 0 Å². The Labute approximate surface area is 176 Å². The summed E-state index contributed by atoms with van der Waals surface area (Å²) < 4.78 is 11.1. The van der Waals surface area contributed by atoms with E-state index in [-0.39, 0.29) is 11.4 Å². The summed E-state index contributed by atoms with van der Waals surface area (Å²) in [6, 6.07) is 0. The summed E-state index contributed by atoms with van der Waals surface area (Å²) >= 11 is 0. The fourth-order valence-corrected chi connectivity index (χ4v) is 7.48. The average Bonchev–Trinajstić information content (AvgIpc) is 3.00. The molecule has 0 aliphatic heterocycles. The molecule has 5 atom stereocenters. The molecule has 29 heavy (non-hydrogen) atoms. The van der Waals surface area contributed by atoms with Crippen LogP contribution in [0, 0.1) is 28.6 Å². The standard InChI is InChI=1S/C26H38O3/c1-6-28-20-9-12-26(5)23-10-13-25(4)19(11-14-29-18(3)27)7-8-22(25)21(23)15-17(2)24(26)16-20/h11,16,21-23H,6-10,12-15H2,1-5H3/t21-,22-,23-,25+,26+/m0/s1. The first-order valence-electron chi connectivity index (χ1n) is 11.7. The first-order chi connectivity index (χ1) is 13.8. The molecule has 4 aliphatic carbocycles. The van der Waals surface area contributed by atoms with Crippen molar-refractivity contribution in [2.24, 2.45) is 28.6 Å². The van der Waals surface area contributed by atoms with E-state index in [0.717, 1.165) is 30.8 Å². The maximum Gasteiger partial charge on any atom is 0.302 e. The SMILES string of the molecule is CCOC1=CC2=C(C)C[C@@H]3[C@H](CC[C@]4(C)C(=CCOC(C)=O)CC[C@@H]34)[C@@]2(C)CC1. The molecular formula is C26H38O3. The fraction of sp³-hybridized carbons (Fsp3) is 0.731. The number of ether oxygens (including phenoxy) is 2. The minimum Gasteiger partial charge on any atom is -0.498 e. The molecule has 0 bridgehead atoms. The number of carbonyl (C=O) groups is 1. The lowest BCUT2D eigenvalue weighted by Crippen LogP contribution is -2.49. The van der Waals surface area contributed by atoms with Gasteiger partial charge in [0.2, 0.25) is 0 Å². The summed E-state index contributed by atoms with van der Waals surface area (Å²) in [7, 11) is 0. The van der Waals surface area contributed by atoms with Crippen LogP contribution >= 0.6 is 0 Å². The molecule has 0 aromatic carbocycles. The fourth-order valence-electron chi connectivity index (χ4n) is 7.48. The summed E-state index contributed by atoms with van der Waals surface area (Å²) in [4.78, 5) is 11.2. The first kappa shape index (κ1) is 20.8. The summed E-state index contributed by atoms with van der Waals surface area (Å²) in [5.41, 5.74) is 5.31. The third kappa shape index (κ3) is 3.39. The molecule has 160 valence electrons. The highest BCUT2D eigenvalue weighted by Crippen LogP contribution is 2.66. The number of carbonyl (C=O) groups excluding carboxylic acids is 1. The van der Waals surface area contributed by atoms with Gasteiger partial charge in [0.15, 0.2) is 0 Å². The Bertz CT molecular complexity index is 773. The monoisotopic (exact) mass is 398 g/mol. The van der Waals surface area contributed by atoms with Crippen LogP contribution in [0.3, 0.4) is 0 Å². The zero-order valence-electron chi connectivity index (χ0n) is 19.0. The van der Waals surface area contributed by atoms with Crippen LogP contribution in [0.15, 0.2) is 34.6 Å². The van der Waals surface area contributed by atoms with Crippen molar-refractivity contribution in [1.29, 1.82) is 0 Å². The van der Waals surface area contributed by atoms with Crippen LogP contribution < -0.4 is 0 Å². The second-order valence-electron chi connectivity index (χ2n) is 10.3. The predicted octanol–water partition coefficient (Wildman–Crippen LogP) is 6.36. The van der Waals surface area contributed by atoms with Gasteiger partial charge in [-0.3, -0.25) is 4.79 Å². The number of hydrogen-bond acceptors (Lipinski definition) is 3. The lowest BCUT2D eigenvalue weighted by Gasteiger charge is -2.57. The molecule has 2 saturated carbocycles. The number of esters is 1. The van der Waals surface area contributed by atoms with Crippen molar-refractivity contribution >= 4 is 5.97 Å². The second-order valence-corrected chi connectivity index (χ2v) is 10.3. The van der Waals surface area contributed by atoms with Gasteiger partial charge in [-0.05, 0) is 98.7 Å². The summed E-state index contributed by atoms with van der Waals surface area (Å²) in [5.74, 6) is 3.33. The van der Waals surface area contributed by atoms with E-state index < -0.39 is 0 Å². The number of fused-ring (bicyclic) bond motifs is 5. The van der Waals surface area contributed by atoms with Crippen LogP contribution in [-0.4, -0.2) is 19.2 Å². The van der Waals surface area contributed by atoms with Crippen LogP contribution in [0.4, 0.5) is 0 Å². The largest absolute Gasteiger partial charge is 0.498 e. The highest BCUT2D eigenvalue weighted by Gasteiger charge is 2.57. The van der Waals surface area contributed by atoms with Crippen molar-refractivity contribution in [3.63, 3.8) is 0 Å². The van der Waals surface area contributed by atoms with Crippen LogP contribution in [0.2, 0.25) is 0 Å². The lowest BCUT2D eigenvalue weighted by atomic mass is 9.47. The highest BCUT2D eigenvalue weighted by molar-refractivity contribution is 5.66. The Morgan fingerprint density at radius 3 is 2.66 bits per heavy atom. The molecular weight excluding hydrogens is 360 g/mol. The minimum absolute atomic E-state index is 0.185. The van der Waals surface area contributed by atoms with Crippen LogP contribution in [0.25, 0.3) is 0 Å². The maximum absolute atomic E-state index is 11.2. The average molecular weight is 399 g/mol. The lowest BCUT2D eigenvalue weighted by molar-refractivity contribution is -0.139. The van der Waals surface area contributed by atoms with Crippen molar-refractivity contribution in [3.8, 4) is 0 Å². The molecule has 2 fully saturated rings. The minimum atomic E-state index is -0.185. The quantitative estimate of drug-likeness (QED) is 0.408. The molecule has 0 heterocycles. The van der Waals surface area contributed by atoms with Gasteiger partial charge >= 0.3 is 5.97 Å². The van der Waals surface area contributed by atoms with Crippen LogP contribution in [0.1, 0.15) is 79.6 Å². The van der Waals surface area contributed by atoms with Gasteiger partial charge in [-0.1, -0.05) is 25.0 Å². The number of allylic oxidation sites excluding steroid dienone is 5. The van der Waals surface area contributed by atoms with Crippen molar-refractivity contribution in [3.05, 3.63) is 34.6 Å². The third-order valence-corrected chi connectivity index (χ3v) is 8.86. The smallest absolute Gasteiger partial charge is 0.302 e. The molecule has 0 spiro atoms. The van der Waals surface area contributed by atoms with E-state index in [4.69, 9.17) is 9.47 Å². The number of hydrogen-bond donors (Lipinski definition) is 0. The summed E-state index contributed by atoms with van der Waals surface area (Å²) in [6.45, 7) is 12.2. The van der Waals surface area contributed by atoms with Gasteiger partial charge in [-0.2, -0.15) is 0 Å². The Hall–Kier alpha value is -1.51. The van der Waals surface area contributed by atoms with Crippen molar-refractivity contribution in [2.45, 2.75) is 79.6 Å². The Balaban J connectivity index is 1.61. The Kier molecular flexibility index (Phi) is 5.46. The topological polar surface area (TPSA) is 35.5 Å². The molecule has 4 aliphatic rings. The second kappa shape index (κ2) is 7.63. The molecule has 0 amide bonds. The van der Waals surface area contributed by atoms with E-state index in [1.807, 2.05) is 0 Å². The maximum atomic E-state index is 11.2. The molecule has 0 aromatic rings. The van der Waals surface area contributed by atoms with Gasteiger partial charge in [0.05, 0.1) is 12.4 Å². The third-order valence-electron chi connectivity index (χ3n) is 8.86. The highest BCUT2D eigenvalue weighted by atomic mass is 16.5. The van der Waals surface area contributed by atoms with E-state index in [1.54, 1.807) is 16.7 Å². The van der Waals surface area contributed by atoms with E-state index in [2.05, 4.69) is 39.8 Å². The van der Waals surface area contributed by atoms with Gasteiger partial charge in [-0.15, -0.1) is 0 Å². The number of rotatable bonds is 4. The van der Waals surface area contributed by atoms with Crippen molar-refractivity contribution in [1.82, 2.24) is 0 Å². The van der Waals surface area contributed by atoms with Gasteiger partial charge in [0.1, 0.15) is 6.61 Å². The van der Waals surface area contributed by atoms with Gasteiger partial charge in [0.25, 0.3) is 0 Å². The molecule has 0 saturated heterocycles. The van der Waals surface area contributed by atoms with Crippen molar-refractivity contribution < 1.29 is 14.3 Å². The van der Waals surface area contributed by atoms with Gasteiger partial charge < -0.3 is 9.47 Å².